The van der Waals surface area contributed by atoms with Crippen molar-refractivity contribution in [3.8, 4) is 34.5 Å². The van der Waals surface area contributed by atoms with Gasteiger partial charge in [-0.05, 0) is 202 Å². The van der Waals surface area contributed by atoms with Gasteiger partial charge in [0.2, 0.25) is 29.3 Å². The minimum atomic E-state index is -1.51. The Labute approximate surface area is 866 Å². The van der Waals surface area contributed by atoms with E-state index in [4.69, 9.17) is 43.6 Å². The van der Waals surface area contributed by atoms with Crippen LogP contribution in [0.3, 0.4) is 0 Å². The van der Waals surface area contributed by atoms with Gasteiger partial charge in [-0.25, -0.2) is 35.7 Å². The summed E-state index contributed by atoms with van der Waals surface area (Å²) in [6.07, 6.45) is 14.3. The van der Waals surface area contributed by atoms with Crippen LogP contribution in [-0.2, 0) is 61.0 Å². The second kappa shape index (κ2) is 48.8. The summed E-state index contributed by atoms with van der Waals surface area (Å²) < 4.78 is 47.6. The quantitative estimate of drug-likeness (QED) is 0.00733. The maximum atomic E-state index is 14.2. The molecule has 42 heteroatoms. The minimum Gasteiger partial charge on any atom is -0.493 e. The highest BCUT2D eigenvalue weighted by atomic mass is 16.6. The van der Waals surface area contributed by atoms with Crippen LogP contribution in [-0.4, -0.2) is 244 Å². The number of methoxy groups -OCH3 is 2. The SMILES string of the molecule is COc1cc2c(cc1OCCCCCOc1cc3c(cc1C)C(=O)N1C=C(C)C[C@H]1C=N3)N(C(=O)OCc1ccc(NNC(C)C(=O)C(=O)[C@@H](NNC(=O)CNC(=O)CCN3C(=O)C=CC3=O)C(C)C)cc1)[C@@H](O)[C@@H]1CC(C)=CN1C2=O.COc1cc2c(cc1OCCCCCOc1cc3c(cc1C)C(=O)N1C=C(C)C[C@H]1C=N3)N(C(=O)OCc1ccc(NNC(C)C(=O)N[C@H](C(N)=O)C(C)C)cc1)[C@@H](O)[C@@H]1CC(C)=CN1C2=O.[HH].[HH].[HH]. The van der Waals surface area contributed by atoms with E-state index < -0.39 is 132 Å². The van der Waals surface area contributed by atoms with Crippen molar-refractivity contribution >= 4 is 129 Å². The summed E-state index contributed by atoms with van der Waals surface area (Å²) in [7, 11) is 2.91. The molecule has 6 aromatic carbocycles. The van der Waals surface area contributed by atoms with Crippen LogP contribution in [0.4, 0.5) is 43.7 Å². The molecule has 0 radical (unpaired) electrons. The van der Waals surface area contributed by atoms with Gasteiger partial charge in [0.25, 0.3) is 41.4 Å². The zero-order valence-electron chi connectivity index (χ0n) is 85.7. The summed E-state index contributed by atoms with van der Waals surface area (Å²) in [5, 5.41) is 28.7. The number of ketones is 2. The number of hydrogen-bond donors (Lipinski definition) is 11. The molecule has 0 bridgehead atoms. The molecule has 149 heavy (non-hydrogen) atoms. The highest BCUT2D eigenvalue weighted by molar-refractivity contribution is 6.41. The van der Waals surface area contributed by atoms with E-state index in [1.807, 2.05) is 90.6 Å². The zero-order valence-corrected chi connectivity index (χ0v) is 85.7. The molecule has 12 N–H and O–H groups in total. The number of amides is 12. The maximum Gasteiger partial charge on any atom is 0.416 e. The Morgan fingerprint density at radius 1 is 0.456 bits per heavy atom. The van der Waals surface area contributed by atoms with Crippen LogP contribution in [0, 0.1) is 25.7 Å². The van der Waals surface area contributed by atoms with Crippen molar-refractivity contribution in [3.63, 3.8) is 0 Å². The molecule has 0 saturated heterocycles. The van der Waals surface area contributed by atoms with Crippen LogP contribution in [0.25, 0.3) is 0 Å². The number of carbonyl (C=O) groups excluding carboxylic acids is 14. The number of unbranched alkanes of at least 4 members (excludes halogenated alkanes) is 4. The fraction of sp³-hybridized carbons (Fsp3) is 0.421. The molecule has 0 fully saturated rings. The average Bonchev–Trinajstić information content (AvgIpc) is 1.62. The van der Waals surface area contributed by atoms with E-state index in [1.165, 1.54) is 55.2 Å². The van der Waals surface area contributed by atoms with Gasteiger partial charge in [-0.15, -0.1) is 0 Å². The van der Waals surface area contributed by atoms with E-state index in [2.05, 4.69) is 53.2 Å². The molecule has 12 amide bonds. The first-order chi connectivity index (χ1) is 71.3. The van der Waals surface area contributed by atoms with Crippen molar-refractivity contribution in [2.75, 3.05) is 74.4 Å². The Hall–Kier alpha value is -15.7. The number of aryl methyl sites for hydroxylation is 2. The number of primary amides is 1. The number of imide groups is 1. The molecule has 0 spiro atoms. The van der Waals surface area contributed by atoms with Crippen LogP contribution in [0.1, 0.15) is 208 Å². The van der Waals surface area contributed by atoms with Gasteiger partial charge >= 0.3 is 12.2 Å². The first-order valence-electron chi connectivity index (χ1n) is 49.6. The number of nitrogens with one attached hydrogen (secondary N) is 8. The van der Waals surface area contributed by atoms with Crippen molar-refractivity contribution < 1.29 is 120 Å². The van der Waals surface area contributed by atoms with Gasteiger partial charge in [0.1, 0.15) is 36.8 Å². The molecule has 9 aliphatic rings. The Balaban J connectivity index is 0.000000288. The Morgan fingerprint density at radius 3 is 1.28 bits per heavy atom. The number of anilines is 4. The summed E-state index contributed by atoms with van der Waals surface area (Å²) in [6.45, 7) is 21.9. The van der Waals surface area contributed by atoms with Crippen LogP contribution in [0.5, 0.6) is 34.5 Å². The molecule has 9 aliphatic heterocycles. The Bertz CT molecular complexity index is 6390. The van der Waals surface area contributed by atoms with Gasteiger partial charge in [0, 0.05) is 102 Å². The Kier molecular flexibility index (Phi) is 35.7. The first-order valence-corrected chi connectivity index (χ1v) is 49.6. The highest BCUT2D eigenvalue weighted by Gasteiger charge is 2.48. The van der Waals surface area contributed by atoms with E-state index >= 15 is 0 Å². The van der Waals surface area contributed by atoms with Gasteiger partial charge in [-0.3, -0.25) is 77.8 Å². The number of hydrazine groups is 3. The van der Waals surface area contributed by atoms with Crippen LogP contribution in [0.2, 0.25) is 0 Å². The second-order valence-electron chi connectivity index (χ2n) is 38.7. The lowest BCUT2D eigenvalue weighted by molar-refractivity contribution is -0.140. The van der Waals surface area contributed by atoms with Crippen molar-refractivity contribution in [3.05, 3.63) is 201 Å². The summed E-state index contributed by atoms with van der Waals surface area (Å²) in [5.74, 6) is -4.27. The van der Waals surface area contributed by atoms with Gasteiger partial charge in [0.05, 0.1) is 128 Å². The van der Waals surface area contributed by atoms with Crippen molar-refractivity contribution in [1.82, 2.24) is 56.8 Å². The third-order valence-corrected chi connectivity index (χ3v) is 26.5. The third-order valence-electron chi connectivity index (χ3n) is 26.5. The summed E-state index contributed by atoms with van der Waals surface area (Å²) >= 11 is 0. The van der Waals surface area contributed by atoms with Crippen molar-refractivity contribution in [2.45, 2.75) is 228 Å². The van der Waals surface area contributed by atoms with Gasteiger partial charge in [-0.1, -0.05) is 74.3 Å². The summed E-state index contributed by atoms with van der Waals surface area (Å²) in [4.78, 5) is 201. The molecule has 796 valence electrons. The number of fused-ring (bicyclic) bond motifs is 8. The maximum absolute atomic E-state index is 14.2. The lowest BCUT2D eigenvalue weighted by Gasteiger charge is -2.31. The number of carbonyl (C=O) groups is 14. The topological polar surface area (TPSA) is 523 Å². The molecule has 9 heterocycles. The average molecular weight is 2060 g/mol. The molecular weight excluding hydrogens is 1920 g/mol. The predicted molar refractivity (Wildman–Crippen MR) is 556 cm³/mol. The molecular formula is C107H134N18O24. The summed E-state index contributed by atoms with van der Waals surface area (Å²) in [5.41, 5.74) is 32.5. The number of aliphatic hydroxyl groups is 2. The fourth-order valence-electron chi connectivity index (χ4n) is 18.3. The molecule has 0 saturated carbocycles. The molecule has 6 aromatic rings. The lowest BCUT2D eigenvalue weighted by Crippen LogP contribution is -2.56. The van der Waals surface area contributed by atoms with Gasteiger partial charge in [0.15, 0.2) is 35.5 Å². The number of aliphatic hydroxyl groups excluding tert-OH is 2. The fourth-order valence-corrected chi connectivity index (χ4v) is 18.3. The molecule has 0 aliphatic carbocycles. The standard InChI is InChI=1S/C58H68N10O14.C49H60N8O10.3H2/c1-32(2)52(64-63-49(70)28-60-48(69)17-18-65-50(71)15-16-51(65)72)54(74)53(73)36(6)61-62-38-13-11-37(12-14-38)31-82-58(78)68-43-26-47(46(79-7)24-41(43)56(76)67-30-34(4)22-44(67)57(68)77)81-20-10-8-9-19-80-45-25-42-40(23-35(45)5)55(75)66-29-33(3)21-39(66)27-59-42;1-27(2)43(44(50)58)52-45(59)31(6)53-54-33-13-11-32(12-14-33)26-67-49(63)57-38-22-42(41(64-7)20-36(38)47(61)56-25-29(4)18-39(56)48(57)62)66-16-10-8-9-15-65-40-21-37-35(19-30(40)5)46(60)55-24-28(3)17-34(55)23-51-37;;;/h11-16,23-27,29-30,32,36,39,44,52,57,61-62,64,77H,8-10,17-22,28,31H2,1-7H3,(H,60,69)(H,63,70);11-14,19-25,27,31,34,39,43,48,53-54,62H,8-10,15-18,26H2,1-7H3,(H2,50,58)(H,52,59);3*1H/t36?,39-,44-,52-,57-;31?,34-,39-,43-,48-;;;/m00.../s1. The number of hydrogen-bond acceptors (Lipinski definition) is 31. The highest BCUT2D eigenvalue weighted by Crippen LogP contribution is 2.46. The minimum absolute atomic E-state index is 0. The number of Topliss-reactive ketones (excluding diaryl/α,β-unsaturated/α-hetero) is 2. The van der Waals surface area contributed by atoms with Crippen LogP contribution < -0.4 is 87.1 Å². The smallest absolute Gasteiger partial charge is 0.416 e. The van der Waals surface area contributed by atoms with Gasteiger partial charge in [-0.2, -0.15) is 0 Å². The molecule has 15 rings (SSSR count). The van der Waals surface area contributed by atoms with Crippen molar-refractivity contribution in [1.29, 1.82) is 0 Å². The normalized spacial score (nSPS) is 18.9. The van der Waals surface area contributed by atoms with Crippen LogP contribution >= 0.6 is 0 Å². The predicted octanol–water partition coefficient (Wildman–Crippen LogP) is 11.3. The number of ether oxygens (including phenoxy) is 8. The molecule has 0 aromatic heterocycles. The number of rotatable bonds is 43. The third kappa shape index (κ3) is 26.0. The van der Waals surface area contributed by atoms with E-state index in [9.17, 15) is 77.3 Å². The molecule has 42 nitrogen and oxygen atoms in total. The molecule has 2 unspecified atom stereocenters. The van der Waals surface area contributed by atoms with E-state index in [0.717, 1.165) is 92.4 Å². The number of nitrogens with zero attached hydrogens (tertiary/aromatic N) is 9. The zero-order chi connectivity index (χ0) is 107. The lowest BCUT2D eigenvalue weighted by atomic mass is 9.95. The number of nitrogens with two attached hydrogens (primary N) is 1. The number of benzene rings is 6. The van der Waals surface area contributed by atoms with E-state index in [-0.39, 0.29) is 119 Å². The largest absolute Gasteiger partial charge is 0.493 e. The van der Waals surface area contributed by atoms with E-state index in [1.54, 1.807) is 105 Å². The Morgan fingerprint density at radius 2 is 0.859 bits per heavy atom. The van der Waals surface area contributed by atoms with E-state index in [0.29, 0.717) is 102 Å². The second-order valence-corrected chi connectivity index (χ2v) is 38.7. The summed E-state index contributed by atoms with van der Waals surface area (Å²) in [6, 6.07) is 21.4. The van der Waals surface area contributed by atoms with Crippen LogP contribution in [0.15, 0.2) is 166 Å². The van der Waals surface area contributed by atoms with Gasteiger partial charge < -0.3 is 94.9 Å². The number of aliphatic imine (C=N–C) groups is 2. The molecule has 10 atom stereocenters. The monoisotopic (exact) mass is 2050 g/mol. The first kappa shape index (κ1) is 109. The van der Waals surface area contributed by atoms with Crippen molar-refractivity contribution in [2.24, 2.45) is 27.6 Å².